The SMILES string of the molecule is Cc1cc(Br)ccc1NC(=O)c1cncc(N2CCCCCC2)c1. The molecule has 1 aliphatic heterocycles. The molecule has 0 aliphatic carbocycles. The maximum Gasteiger partial charge on any atom is 0.257 e. The van der Waals surface area contributed by atoms with Crippen LogP contribution in [0.5, 0.6) is 0 Å². The second-order valence-electron chi connectivity index (χ2n) is 6.25. The van der Waals surface area contributed by atoms with Gasteiger partial charge < -0.3 is 10.2 Å². The number of amides is 1. The molecule has 24 heavy (non-hydrogen) atoms. The van der Waals surface area contributed by atoms with Gasteiger partial charge >= 0.3 is 0 Å². The zero-order chi connectivity index (χ0) is 16.9. The Morgan fingerprint density at radius 3 is 2.58 bits per heavy atom. The van der Waals surface area contributed by atoms with E-state index in [1.807, 2.05) is 37.4 Å². The highest BCUT2D eigenvalue weighted by Gasteiger charge is 2.14. The van der Waals surface area contributed by atoms with E-state index >= 15 is 0 Å². The van der Waals surface area contributed by atoms with Crippen LogP contribution in [0.4, 0.5) is 11.4 Å². The average molecular weight is 388 g/mol. The first-order valence-electron chi connectivity index (χ1n) is 8.41. The Kier molecular flexibility index (Phi) is 5.51. The topological polar surface area (TPSA) is 45.2 Å². The van der Waals surface area contributed by atoms with E-state index in [4.69, 9.17) is 0 Å². The number of hydrogen-bond donors (Lipinski definition) is 1. The van der Waals surface area contributed by atoms with Gasteiger partial charge in [-0.15, -0.1) is 0 Å². The van der Waals surface area contributed by atoms with Crippen molar-refractivity contribution in [3.8, 4) is 0 Å². The quantitative estimate of drug-likeness (QED) is 0.823. The number of aromatic nitrogens is 1. The maximum atomic E-state index is 12.6. The molecular weight excluding hydrogens is 366 g/mol. The first kappa shape index (κ1) is 17.0. The van der Waals surface area contributed by atoms with Crippen LogP contribution in [-0.4, -0.2) is 24.0 Å². The van der Waals surface area contributed by atoms with Gasteiger partial charge in [0.15, 0.2) is 0 Å². The van der Waals surface area contributed by atoms with Crippen LogP contribution in [0.1, 0.15) is 41.6 Å². The number of nitrogens with one attached hydrogen (secondary N) is 1. The fourth-order valence-corrected chi connectivity index (χ4v) is 3.49. The molecule has 1 amide bonds. The summed E-state index contributed by atoms with van der Waals surface area (Å²) < 4.78 is 1.00. The van der Waals surface area contributed by atoms with Gasteiger partial charge in [0.25, 0.3) is 5.91 Å². The molecule has 1 saturated heterocycles. The second kappa shape index (κ2) is 7.79. The van der Waals surface area contributed by atoms with Gasteiger partial charge in [-0.25, -0.2) is 0 Å². The van der Waals surface area contributed by atoms with Gasteiger partial charge in [-0.05, 0) is 49.6 Å². The standard InChI is InChI=1S/C19H22BrN3O/c1-14-10-16(20)6-7-18(14)22-19(24)15-11-17(13-21-12-15)23-8-4-2-3-5-9-23/h6-7,10-13H,2-5,8-9H2,1H3,(H,22,24). The monoisotopic (exact) mass is 387 g/mol. The first-order valence-corrected chi connectivity index (χ1v) is 9.20. The molecule has 0 bridgehead atoms. The van der Waals surface area contributed by atoms with Gasteiger partial charge in [-0.1, -0.05) is 28.8 Å². The van der Waals surface area contributed by atoms with Crippen LogP contribution in [0.25, 0.3) is 0 Å². The lowest BCUT2D eigenvalue weighted by atomic mass is 10.2. The largest absolute Gasteiger partial charge is 0.370 e. The zero-order valence-electron chi connectivity index (χ0n) is 13.9. The third-order valence-corrected chi connectivity index (χ3v) is 4.89. The molecule has 1 fully saturated rings. The van der Waals surface area contributed by atoms with Crippen molar-refractivity contribution >= 4 is 33.2 Å². The summed E-state index contributed by atoms with van der Waals surface area (Å²) >= 11 is 3.44. The van der Waals surface area contributed by atoms with Gasteiger partial charge in [0.1, 0.15) is 0 Å². The van der Waals surface area contributed by atoms with E-state index in [-0.39, 0.29) is 5.91 Å². The van der Waals surface area contributed by atoms with Gasteiger partial charge in [-0.2, -0.15) is 0 Å². The average Bonchev–Trinajstić information content (AvgIpc) is 2.87. The van der Waals surface area contributed by atoms with Crippen LogP contribution in [0.15, 0.2) is 41.1 Å². The van der Waals surface area contributed by atoms with Crippen molar-refractivity contribution in [3.05, 3.63) is 52.3 Å². The summed E-state index contributed by atoms with van der Waals surface area (Å²) in [5, 5.41) is 2.98. The third kappa shape index (κ3) is 4.15. The molecular formula is C19H22BrN3O. The molecule has 5 heteroatoms. The first-order chi connectivity index (χ1) is 11.6. The molecule has 4 nitrogen and oxygen atoms in total. The molecule has 3 rings (SSSR count). The van der Waals surface area contributed by atoms with Crippen LogP contribution in [0.2, 0.25) is 0 Å². The van der Waals surface area contributed by atoms with Gasteiger partial charge in [0.05, 0.1) is 17.4 Å². The third-order valence-electron chi connectivity index (χ3n) is 4.39. The molecule has 2 heterocycles. The van der Waals surface area contributed by atoms with Crippen molar-refractivity contribution in [3.63, 3.8) is 0 Å². The number of aryl methyl sites for hydroxylation is 1. The molecule has 0 unspecified atom stereocenters. The zero-order valence-corrected chi connectivity index (χ0v) is 15.5. The van der Waals surface area contributed by atoms with Crippen molar-refractivity contribution < 1.29 is 4.79 Å². The smallest absolute Gasteiger partial charge is 0.257 e. The van der Waals surface area contributed by atoms with Crippen LogP contribution >= 0.6 is 15.9 Å². The number of carbonyl (C=O) groups is 1. The maximum absolute atomic E-state index is 12.6. The molecule has 1 aromatic heterocycles. The number of halogens is 1. The molecule has 2 aromatic rings. The van der Waals surface area contributed by atoms with E-state index in [1.54, 1.807) is 6.20 Å². The minimum atomic E-state index is -0.121. The van der Waals surface area contributed by atoms with E-state index in [1.165, 1.54) is 25.7 Å². The Morgan fingerprint density at radius 1 is 1.12 bits per heavy atom. The van der Waals surface area contributed by atoms with Crippen LogP contribution in [0, 0.1) is 6.92 Å². The highest BCUT2D eigenvalue weighted by atomic mass is 79.9. The Morgan fingerprint density at radius 2 is 1.88 bits per heavy atom. The van der Waals surface area contributed by atoms with E-state index in [9.17, 15) is 4.79 Å². The molecule has 0 atom stereocenters. The molecule has 0 saturated carbocycles. The number of hydrogen-bond acceptors (Lipinski definition) is 3. The van der Waals surface area contributed by atoms with E-state index in [0.29, 0.717) is 5.56 Å². The normalized spacial score (nSPS) is 15.0. The number of pyridine rings is 1. The number of anilines is 2. The van der Waals surface area contributed by atoms with E-state index in [2.05, 4.69) is 31.1 Å². The Hall–Kier alpha value is -1.88. The predicted molar refractivity (Wildman–Crippen MR) is 102 cm³/mol. The summed E-state index contributed by atoms with van der Waals surface area (Å²) in [5.74, 6) is -0.121. The van der Waals surface area contributed by atoms with Crippen molar-refractivity contribution in [2.45, 2.75) is 32.6 Å². The lowest BCUT2D eigenvalue weighted by Gasteiger charge is -2.22. The Labute approximate surface area is 151 Å². The Bertz CT molecular complexity index is 724. The van der Waals surface area contributed by atoms with Crippen molar-refractivity contribution in [1.82, 2.24) is 4.98 Å². The number of nitrogens with zero attached hydrogens (tertiary/aromatic N) is 2. The lowest BCUT2D eigenvalue weighted by Crippen LogP contribution is -2.24. The predicted octanol–water partition coefficient (Wildman–Crippen LogP) is 4.79. The Balaban J connectivity index is 1.76. The van der Waals surface area contributed by atoms with E-state index in [0.717, 1.165) is 34.5 Å². The number of carbonyl (C=O) groups excluding carboxylic acids is 1. The van der Waals surface area contributed by atoms with Crippen LogP contribution in [-0.2, 0) is 0 Å². The molecule has 0 spiro atoms. The minimum Gasteiger partial charge on any atom is -0.370 e. The molecule has 126 valence electrons. The van der Waals surface area contributed by atoms with Crippen molar-refractivity contribution in [1.29, 1.82) is 0 Å². The highest BCUT2D eigenvalue weighted by Crippen LogP contribution is 2.22. The molecule has 0 radical (unpaired) electrons. The second-order valence-corrected chi connectivity index (χ2v) is 7.16. The van der Waals surface area contributed by atoms with E-state index < -0.39 is 0 Å². The minimum absolute atomic E-state index is 0.121. The summed E-state index contributed by atoms with van der Waals surface area (Å²) in [5.41, 5.74) is 3.48. The number of benzene rings is 1. The summed E-state index contributed by atoms with van der Waals surface area (Å²) in [6.07, 6.45) is 8.46. The highest BCUT2D eigenvalue weighted by molar-refractivity contribution is 9.10. The summed E-state index contributed by atoms with van der Waals surface area (Å²) in [6.45, 7) is 4.06. The molecule has 1 N–H and O–H groups in total. The van der Waals surface area contributed by atoms with Gasteiger partial charge in [-0.3, -0.25) is 9.78 Å². The summed E-state index contributed by atoms with van der Waals surface area (Å²) in [6, 6.07) is 7.77. The number of rotatable bonds is 3. The van der Waals surface area contributed by atoms with Gasteiger partial charge in [0.2, 0.25) is 0 Å². The lowest BCUT2D eigenvalue weighted by molar-refractivity contribution is 0.102. The van der Waals surface area contributed by atoms with Gasteiger partial charge in [0, 0.05) is 29.4 Å². The fourth-order valence-electron chi connectivity index (χ4n) is 3.02. The van der Waals surface area contributed by atoms with Crippen LogP contribution in [0.3, 0.4) is 0 Å². The molecule has 1 aromatic carbocycles. The van der Waals surface area contributed by atoms with Crippen molar-refractivity contribution in [2.75, 3.05) is 23.3 Å². The van der Waals surface area contributed by atoms with Crippen molar-refractivity contribution in [2.24, 2.45) is 0 Å². The summed E-state index contributed by atoms with van der Waals surface area (Å²) in [7, 11) is 0. The van der Waals surface area contributed by atoms with Crippen LogP contribution < -0.4 is 10.2 Å². The molecule has 1 aliphatic rings. The summed E-state index contributed by atoms with van der Waals surface area (Å²) in [4.78, 5) is 19.2. The fraction of sp³-hybridized carbons (Fsp3) is 0.368.